The van der Waals surface area contributed by atoms with Crippen LogP contribution in [0.4, 0.5) is 0 Å². The molecule has 2 unspecified atom stereocenters. The molecule has 1 fully saturated rings. The van der Waals surface area contributed by atoms with Crippen LogP contribution in [0.5, 0.6) is 11.5 Å². The summed E-state index contributed by atoms with van der Waals surface area (Å²) < 4.78 is 10.6. The lowest BCUT2D eigenvalue weighted by Crippen LogP contribution is -2.39. The minimum Gasteiger partial charge on any atom is -0.454 e. The van der Waals surface area contributed by atoms with Crippen molar-refractivity contribution in [2.75, 3.05) is 13.3 Å². The largest absolute Gasteiger partial charge is 0.454 e. The zero-order valence-electron chi connectivity index (χ0n) is 12.9. The van der Waals surface area contributed by atoms with E-state index in [0.29, 0.717) is 18.0 Å². The fraction of sp³-hybridized carbons (Fsp3) is 0.647. The van der Waals surface area contributed by atoms with Gasteiger partial charge in [0.25, 0.3) is 0 Å². The number of nitrogens with one attached hydrogen (secondary N) is 1. The van der Waals surface area contributed by atoms with E-state index >= 15 is 0 Å². The van der Waals surface area contributed by atoms with Gasteiger partial charge >= 0.3 is 0 Å². The first-order valence-electron chi connectivity index (χ1n) is 7.84. The van der Waals surface area contributed by atoms with E-state index < -0.39 is 6.10 Å². The lowest BCUT2D eigenvalue weighted by Gasteiger charge is -2.36. The molecule has 2 N–H and O–H groups in total. The molecule has 21 heavy (non-hydrogen) atoms. The van der Waals surface area contributed by atoms with Crippen LogP contribution in [0.1, 0.15) is 51.2 Å². The van der Waals surface area contributed by atoms with Crippen molar-refractivity contribution >= 4 is 0 Å². The fourth-order valence-electron chi connectivity index (χ4n) is 3.39. The van der Waals surface area contributed by atoms with Crippen molar-refractivity contribution in [1.29, 1.82) is 0 Å². The van der Waals surface area contributed by atoms with E-state index in [1.807, 2.05) is 18.2 Å². The number of rotatable bonds is 4. The minimum absolute atomic E-state index is 0.268. The second kappa shape index (κ2) is 5.85. The van der Waals surface area contributed by atoms with E-state index in [2.05, 4.69) is 19.2 Å². The first kappa shape index (κ1) is 14.7. The zero-order valence-corrected chi connectivity index (χ0v) is 12.9. The Labute approximate surface area is 126 Å². The Kier molecular flexibility index (Phi) is 4.09. The number of benzene rings is 1. The molecule has 1 aromatic carbocycles. The third-order valence-electron chi connectivity index (χ3n) is 4.59. The first-order chi connectivity index (χ1) is 10.0. The molecule has 116 valence electrons. The van der Waals surface area contributed by atoms with Gasteiger partial charge in [-0.1, -0.05) is 26.3 Å². The predicted octanol–water partition coefficient (Wildman–Crippen LogP) is 3.01. The lowest BCUT2D eigenvalue weighted by molar-refractivity contribution is 0.147. The molecule has 1 aromatic rings. The average Bonchev–Trinajstić information content (AvgIpc) is 2.91. The average molecular weight is 291 g/mol. The van der Waals surface area contributed by atoms with Crippen LogP contribution in [0.15, 0.2) is 18.2 Å². The van der Waals surface area contributed by atoms with Gasteiger partial charge in [-0.2, -0.15) is 0 Å². The topological polar surface area (TPSA) is 50.7 Å². The molecule has 0 bridgehead atoms. The van der Waals surface area contributed by atoms with Crippen LogP contribution in [-0.4, -0.2) is 24.5 Å². The van der Waals surface area contributed by atoms with Crippen LogP contribution in [0.2, 0.25) is 0 Å². The number of hydrogen-bond acceptors (Lipinski definition) is 4. The zero-order chi connectivity index (χ0) is 14.9. The Morgan fingerprint density at radius 2 is 2.14 bits per heavy atom. The summed E-state index contributed by atoms with van der Waals surface area (Å²) in [4.78, 5) is 0. The molecule has 1 aliphatic heterocycles. The van der Waals surface area contributed by atoms with E-state index in [4.69, 9.17) is 9.47 Å². The van der Waals surface area contributed by atoms with E-state index in [-0.39, 0.29) is 6.79 Å². The van der Waals surface area contributed by atoms with Gasteiger partial charge in [0.05, 0.1) is 6.10 Å². The summed E-state index contributed by atoms with van der Waals surface area (Å²) in [5, 5.41) is 13.9. The molecular formula is C17H25NO3. The van der Waals surface area contributed by atoms with Crippen LogP contribution in [0.3, 0.4) is 0 Å². The number of aliphatic hydroxyl groups is 1. The minimum atomic E-state index is -0.510. The lowest BCUT2D eigenvalue weighted by atomic mass is 9.75. The molecule has 0 saturated heterocycles. The summed E-state index contributed by atoms with van der Waals surface area (Å²) in [6, 6.07) is 6.16. The smallest absolute Gasteiger partial charge is 0.231 e. The van der Waals surface area contributed by atoms with Crippen molar-refractivity contribution in [3.8, 4) is 11.5 Å². The third-order valence-corrected chi connectivity index (χ3v) is 4.59. The molecule has 2 atom stereocenters. The highest BCUT2D eigenvalue weighted by molar-refractivity contribution is 5.45. The number of ether oxygens (including phenoxy) is 2. The van der Waals surface area contributed by atoms with Crippen molar-refractivity contribution in [2.24, 2.45) is 5.41 Å². The maximum Gasteiger partial charge on any atom is 0.231 e. The molecular weight excluding hydrogens is 266 g/mol. The molecule has 1 heterocycles. The van der Waals surface area contributed by atoms with Gasteiger partial charge in [-0.3, -0.25) is 0 Å². The van der Waals surface area contributed by atoms with E-state index in [0.717, 1.165) is 17.1 Å². The van der Waals surface area contributed by atoms with Crippen LogP contribution in [0, 0.1) is 5.41 Å². The summed E-state index contributed by atoms with van der Waals surface area (Å²) in [6.07, 6.45) is 4.45. The normalized spacial score (nSPS) is 24.8. The highest BCUT2D eigenvalue weighted by Crippen LogP contribution is 2.36. The second-order valence-electron chi connectivity index (χ2n) is 6.99. The van der Waals surface area contributed by atoms with Crippen LogP contribution in [0.25, 0.3) is 0 Å². The van der Waals surface area contributed by atoms with Gasteiger partial charge in [0, 0.05) is 12.6 Å². The number of hydrogen-bond donors (Lipinski definition) is 2. The van der Waals surface area contributed by atoms with Gasteiger partial charge in [0.15, 0.2) is 11.5 Å². The number of fused-ring (bicyclic) bond motifs is 1. The fourth-order valence-corrected chi connectivity index (χ4v) is 3.39. The predicted molar refractivity (Wildman–Crippen MR) is 81.6 cm³/mol. The monoisotopic (exact) mass is 291 g/mol. The summed E-state index contributed by atoms with van der Waals surface area (Å²) in [7, 11) is 0. The maximum absolute atomic E-state index is 10.4. The highest BCUT2D eigenvalue weighted by atomic mass is 16.7. The van der Waals surface area contributed by atoms with Gasteiger partial charge in [0.2, 0.25) is 6.79 Å². The molecule has 0 spiro atoms. The summed E-state index contributed by atoms with van der Waals surface area (Å²) in [6.45, 7) is 5.51. The second-order valence-corrected chi connectivity index (χ2v) is 6.99. The summed E-state index contributed by atoms with van der Waals surface area (Å²) >= 11 is 0. The highest BCUT2D eigenvalue weighted by Gasteiger charge is 2.28. The van der Waals surface area contributed by atoms with Gasteiger partial charge in [-0.25, -0.2) is 0 Å². The molecule has 0 amide bonds. The SMILES string of the molecule is CC1(C)CCCC(NCC(O)c2ccc3c(c2)OCO3)C1. The van der Waals surface area contributed by atoms with Crippen molar-refractivity contribution in [1.82, 2.24) is 5.32 Å². The first-order valence-corrected chi connectivity index (χ1v) is 7.84. The van der Waals surface area contributed by atoms with Gasteiger partial charge in [-0.15, -0.1) is 0 Å². The van der Waals surface area contributed by atoms with Crippen LogP contribution < -0.4 is 14.8 Å². The Hall–Kier alpha value is -1.26. The van der Waals surface area contributed by atoms with E-state index in [9.17, 15) is 5.11 Å². The van der Waals surface area contributed by atoms with Crippen molar-refractivity contribution in [3.05, 3.63) is 23.8 Å². The van der Waals surface area contributed by atoms with Gasteiger partial charge in [-0.05, 0) is 42.4 Å². The quantitative estimate of drug-likeness (QED) is 0.895. The molecule has 4 nitrogen and oxygen atoms in total. The van der Waals surface area contributed by atoms with Gasteiger partial charge < -0.3 is 19.9 Å². The Morgan fingerprint density at radius 1 is 1.33 bits per heavy atom. The molecule has 4 heteroatoms. The molecule has 3 rings (SSSR count). The van der Waals surface area contributed by atoms with Gasteiger partial charge in [0.1, 0.15) is 0 Å². The maximum atomic E-state index is 10.4. The Balaban J connectivity index is 1.55. The summed E-state index contributed by atoms with van der Waals surface area (Å²) in [5.74, 6) is 1.48. The molecule has 1 saturated carbocycles. The van der Waals surface area contributed by atoms with Crippen molar-refractivity contribution in [2.45, 2.75) is 51.7 Å². The standard InChI is InChI=1S/C17H25NO3/c1-17(2)7-3-4-13(9-17)18-10-14(19)12-5-6-15-16(8-12)21-11-20-15/h5-6,8,13-14,18-19H,3-4,7,9-11H2,1-2H3. The van der Waals surface area contributed by atoms with E-state index in [1.54, 1.807) is 0 Å². The van der Waals surface area contributed by atoms with Crippen molar-refractivity contribution in [3.63, 3.8) is 0 Å². The molecule has 1 aliphatic carbocycles. The molecule has 2 aliphatic rings. The Morgan fingerprint density at radius 3 is 2.95 bits per heavy atom. The van der Waals surface area contributed by atoms with Crippen LogP contribution in [-0.2, 0) is 0 Å². The van der Waals surface area contributed by atoms with Crippen molar-refractivity contribution < 1.29 is 14.6 Å². The third kappa shape index (κ3) is 3.50. The molecule has 0 aromatic heterocycles. The Bertz CT molecular complexity index is 501. The van der Waals surface area contributed by atoms with Crippen LogP contribution >= 0.6 is 0 Å². The number of aliphatic hydroxyl groups excluding tert-OH is 1. The molecule has 0 radical (unpaired) electrons. The summed E-state index contributed by atoms with van der Waals surface area (Å²) in [5.41, 5.74) is 1.29. The van der Waals surface area contributed by atoms with E-state index in [1.165, 1.54) is 25.7 Å².